The maximum absolute atomic E-state index is 5.80. The van der Waals surface area contributed by atoms with E-state index in [1.807, 2.05) is 0 Å². The van der Waals surface area contributed by atoms with Crippen molar-refractivity contribution in [2.75, 3.05) is 20.3 Å². The van der Waals surface area contributed by atoms with E-state index >= 15 is 0 Å². The van der Waals surface area contributed by atoms with Gasteiger partial charge < -0.3 is 14.8 Å². The first-order valence-electron chi connectivity index (χ1n) is 8.36. The second-order valence-corrected chi connectivity index (χ2v) is 6.31. The van der Waals surface area contributed by atoms with E-state index in [1.165, 1.54) is 43.2 Å². The molecule has 1 heterocycles. The molecule has 0 amide bonds. The van der Waals surface area contributed by atoms with Crippen molar-refractivity contribution < 1.29 is 9.47 Å². The van der Waals surface area contributed by atoms with Crippen LogP contribution in [0.2, 0.25) is 0 Å². The van der Waals surface area contributed by atoms with Crippen molar-refractivity contribution in [3.8, 4) is 5.75 Å². The highest BCUT2D eigenvalue weighted by atomic mass is 16.5. The van der Waals surface area contributed by atoms with E-state index in [0.717, 1.165) is 31.7 Å². The lowest BCUT2D eigenvalue weighted by Gasteiger charge is -2.27. The molecule has 21 heavy (non-hydrogen) atoms. The molecule has 116 valence electrons. The Hall–Kier alpha value is -1.06. The molecule has 1 aromatic rings. The molecule has 1 fully saturated rings. The van der Waals surface area contributed by atoms with Gasteiger partial charge in [-0.1, -0.05) is 6.07 Å². The fraction of sp³-hybridized carbons (Fsp3) is 0.667. The van der Waals surface area contributed by atoms with E-state index in [2.05, 4.69) is 23.5 Å². The fourth-order valence-corrected chi connectivity index (χ4v) is 3.52. The highest BCUT2D eigenvalue weighted by molar-refractivity contribution is 5.37. The zero-order valence-corrected chi connectivity index (χ0v) is 13.1. The van der Waals surface area contributed by atoms with Gasteiger partial charge in [-0.15, -0.1) is 0 Å². The van der Waals surface area contributed by atoms with Crippen LogP contribution >= 0.6 is 0 Å². The van der Waals surface area contributed by atoms with Crippen LogP contribution in [0.15, 0.2) is 18.2 Å². The van der Waals surface area contributed by atoms with Crippen LogP contribution in [0.4, 0.5) is 0 Å². The minimum absolute atomic E-state index is 0.488. The molecule has 3 nitrogen and oxygen atoms in total. The summed E-state index contributed by atoms with van der Waals surface area (Å²) in [5.41, 5.74) is 2.94. The second kappa shape index (κ2) is 7.28. The molecule has 1 aliphatic heterocycles. The minimum Gasteiger partial charge on any atom is -0.497 e. The number of fused-ring (bicyclic) bond motifs is 1. The van der Waals surface area contributed by atoms with Crippen molar-refractivity contribution in [1.29, 1.82) is 0 Å². The van der Waals surface area contributed by atoms with Crippen molar-refractivity contribution in [2.24, 2.45) is 0 Å². The van der Waals surface area contributed by atoms with Crippen LogP contribution in [0.5, 0.6) is 5.75 Å². The van der Waals surface area contributed by atoms with Gasteiger partial charge in [-0.2, -0.15) is 0 Å². The Kier molecular flexibility index (Phi) is 5.15. The lowest BCUT2D eigenvalue weighted by atomic mass is 9.88. The van der Waals surface area contributed by atoms with Crippen LogP contribution in [0.3, 0.4) is 0 Å². The largest absolute Gasteiger partial charge is 0.497 e. The molecule has 1 N–H and O–H groups in total. The predicted molar refractivity (Wildman–Crippen MR) is 85.0 cm³/mol. The molecular weight excluding hydrogens is 262 g/mol. The fourth-order valence-electron chi connectivity index (χ4n) is 3.52. The van der Waals surface area contributed by atoms with Crippen LogP contribution in [0.1, 0.15) is 43.2 Å². The third kappa shape index (κ3) is 3.98. The Balaban J connectivity index is 1.47. The normalized spacial score (nSPS) is 25.4. The number of methoxy groups -OCH3 is 1. The summed E-state index contributed by atoms with van der Waals surface area (Å²) in [4.78, 5) is 0. The number of ether oxygens (including phenoxy) is 2. The summed E-state index contributed by atoms with van der Waals surface area (Å²) in [6.45, 7) is 2.04. The predicted octanol–water partition coefficient (Wildman–Crippen LogP) is 3.10. The molecule has 3 heteroatoms. The van der Waals surface area contributed by atoms with Gasteiger partial charge in [0.15, 0.2) is 0 Å². The second-order valence-electron chi connectivity index (χ2n) is 6.31. The zero-order chi connectivity index (χ0) is 14.5. The van der Waals surface area contributed by atoms with Crippen molar-refractivity contribution in [3.05, 3.63) is 29.3 Å². The van der Waals surface area contributed by atoms with E-state index < -0.39 is 0 Å². The molecule has 0 saturated carbocycles. The first-order chi connectivity index (χ1) is 10.3. The quantitative estimate of drug-likeness (QED) is 0.903. The van der Waals surface area contributed by atoms with Crippen molar-refractivity contribution in [3.63, 3.8) is 0 Å². The Morgan fingerprint density at radius 1 is 1.24 bits per heavy atom. The molecular formula is C18H27NO2. The SMILES string of the molecule is COc1ccc2c(c1)CC(NCCC1CCCCO1)CC2. The van der Waals surface area contributed by atoms with E-state index in [-0.39, 0.29) is 0 Å². The van der Waals surface area contributed by atoms with Gasteiger partial charge in [-0.05, 0) is 74.8 Å². The van der Waals surface area contributed by atoms with Gasteiger partial charge in [0.05, 0.1) is 13.2 Å². The van der Waals surface area contributed by atoms with Gasteiger partial charge in [-0.3, -0.25) is 0 Å². The lowest BCUT2D eigenvalue weighted by Crippen LogP contribution is -2.36. The summed E-state index contributed by atoms with van der Waals surface area (Å²) in [5, 5.41) is 3.73. The molecule has 3 rings (SSSR count). The lowest BCUT2D eigenvalue weighted by molar-refractivity contribution is 0.0111. The standard InChI is InChI=1S/C18H27NO2/c1-20-18-8-6-14-5-7-16(12-15(14)13-18)19-10-9-17-4-2-3-11-21-17/h6,8,13,16-17,19H,2-5,7,9-12H2,1H3. The van der Waals surface area contributed by atoms with Gasteiger partial charge in [-0.25, -0.2) is 0 Å². The van der Waals surface area contributed by atoms with Crippen LogP contribution in [0, 0.1) is 0 Å². The molecule has 2 atom stereocenters. The zero-order valence-electron chi connectivity index (χ0n) is 13.1. The third-order valence-corrected chi connectivity index (χ3v) is 4.82. The van der Waals surface area contributed by atoms with E-state index in [4.69, 9.17) is 9.47 Å². The van der Waals surface area contributed by atoms with Gasteiger partial charge >= 0.3 is 0 Å². The van der Waals surface area contributed by atoms with Gasteiger partial charge in [0.1, 0.15) is 5.75 Å². The average molecular weight is 289 g/mol. The number of benzene rings is 1. The van der Waals surface area contributed by atoms with E-state index in [9.17, 15) is 0 Å². The monoisotopic (exact) mass is 289 g/mol. The van der Waals surface area contributed by atoms with Gasteiger partial charge in [0.25, 0.3) is 0 Å². The first-order valence-corrected chi connectivity index (χ1v) is 8.36. The third-order valence-electron chi connectivity index (χ3n) is 4.82. The summed E-state index contributed by atoms with van der Waals surface area (Å²) in [6, 6.07) is 7.11. The summed E-state index contributed by atoms with van der Waals surface area (Å²) >= 11 is 0. The smallest absolute Gasteiger partial charge is 0.119 e. The molecule has 1 aromatic carbocycles. The Morgan fingerprint density at radius 3 is 3.00 bits per heavy atom. The van der Waals surface area contributed by atoms with Gasteiger partial charge in [0.2, 0.25) is 0 Å². The van der Waals surface area contributed by atoms with E-state index in [0.29, 0.717) is 12.1 Å². The van der Waals surface area contributed by atoms with E-state index in [1.54, 1.807) is 7.11 Å². The number of nitrogens with one attached hydrogen (secondary N) is 1. The highest BCUT2D eigenvalue weighted by Crippen LogP contribution is 2.25. The Bertz CT molecular complexity index is 455. The molecule has 1 saturated heterocycles. The molecule has 0 bridgehead atoms. The van der Waals surface area contributed by atoms with Crippen LogP contribution in [-0.2, 0) is 17.6 Å². The molecule has 2 unspecified atom stereocenters. The van der Waals surface area contributed by atoms with Crippen LogP contribution in [0.25, 0.3) is 0 Å². The number of hydrogen-bond acceptors (Lipinski definition) is 3. The summed E-state index contributed by atoms with van der Waals surface area (Å²) in [7, 11) is 1.74. The Morgan fingerprint density at radius 2 is 2.19 bits per heavy atom. The van der Waals surface area contributed by atoms with Crippen LogP contribution in [-0.4, -0.2) is 32.4 Å². The summed E-state index contributed by atoms with van der Waals surface area (Å²) < 4.78 is 11.1. The van der Waals surface area contributed by atoms with Crippen molar-refractivity contribution in [1.82, 2.24) is 5.32 Å². The van der Waals surface area contributed by atoms with Crippen molar-refractivity contribution in [2.45, 2.75) is 57.1 Å². The molecule has 0 aromatic heterocycles. The Labute approximate surface area is 128 Å². The summed E-state index contributed by atoms with van der Waals surface area (Å²) in [5.74, 6) is 0.977. The maximum atomic E-state index is 5.80. The van der Waals surface area contributed by atoms with Crippen LogP contribution < -0.4 is 10.1 Å². The first kappa shape index (κ1) is 14.9. The summed E-state index contributed by atoms with van der Waals surface area (Å²) in [6.07, 6.45) is 9.00. The van der Waals surface area contributed by atoms with Crippen molar-refractivity contribution >= 4 is 0 Å². The maximum Gasteiger partial charge on any atom is 0.119 e. The molecule has 2 aliphatic rings. The topological polar surface area (TPSA) is 30.5 Å². The minimum atomic E-state index is 0.488. The molecule has 0 radical (unpaired) electrons. The average Bonchev–Trinajstić information content (AvgIpc) is 2.55. The molecule has 0 spiro atoms. The molecule has 1 aliphatic carbocycles. The number of aryl methyl sites for hydroxylation is 1. The highest BCUT2D eigenvalue weighted by Gasteiger charge is 2.19. The number of hydrogen-bond donors (Lipinski definition) is 1. The number of rotatable bonds is 5. The van der Waals surface area contributed by atoms with Gasteiger partial charge in [0, 0.05) is 12.6 Å².